The number of halogens is 2. The van der Waals surface area contributed by atoms with Crippen LogP contribution in [0.5, 0.6) is 0 Å². The molecule has 2 bridgehead atoms. The zero-order valence-electron chi connectivity index (χ0n) is 28.8. The maximum atomic E-state index is 2.41. The first kappa shape index (κ1) is 37.2. The predicted octanol–water partition coefficient (Wildman–Crippen LogP) is 2.89. The van der Waals surface area contributed by atoms with E-state index in [1.54, 1.807) is 20.7 Å². The normalized spacial score (nSPS) is 11.5. The van der Waals surface area contributed by atoms with E-state index in [1.165, 1.54) is 54.9 Å². The fourth-order valence-electron chi connectivity index (χ4n) is 7.26. The van der Waals surface area contributed by atoms with Crippen molar-refractivity contribution in [2.45, 2.75) is 26.7 Å². The molecule has 0 aliphatic carbocycles. The molecule has 8 aromatic carbocycles. The van der Waals surface area contributed by atoms with E-state index in [0.29, 0.717) is 0 Å². The van der Waals surface area contributed by atoms with Gasteiger partial charge in [0.05, 0.1) is 0 Å². The van der Waals surface area contributed by atoms with E-state index < -0.39 is 0 Å². The van der Waals surface area contributed by atoms with Crippen LogP contribution in [0.25, 0.3) is 43.8 Å². The number of hydrogen-bond donors (Lipinski definition) is 0. The number of rotatable bonds is 4. The molecule has 0 nitrogen and oxygen atoms in total. The van der Waals surface area contributed by atoms with Gasteiger partial charge in [0, 0.05) is 0 Å². The van der Waals surface area contributed by atoms with Crippen LogP contribution in [0, 0.1) is 0 Å². The summed E-state index contributed by atoms with van der Waals surface area (Å²) in [5, 5.41) is 12.6. The van der Waals surface area contributed by atoms with E-state index >= 15 is 0 Å². The first-order valence-corrected chi connectivity index (χ1v) is 27.8. The van der Waals surface area contributed by atoms with Gasteiger partial charge in [-0.3, -0.25) is 0 Å². The van der Waals surface area contributed by atoms with E-state index in [2.05, 4.69) is 184 Å². The Balaban J connectivity index is 0.000000129. The van der Waals surface area contributed by atoms with Crippen LogP contribution in [0.3, 0.4) is 0 Å². The molecule has 8 aromatic rings. The van der Waals surface area contributed by atoms with Crippen molar-refractivity contribution in [1.82, 2.24) is 0 Å². The van der Waals surface area contributed by atoms with Crippen LogP contribution in [0.15, 0.2) is 170 Å². The first-order valence-electron chi connectivity index (χ1n) is 17.4. The Morgan fingerprint density at radius 1 is 0.431 bits per heavy atom. The Bertz CT molecular complexity index is 2280. The summed E-state index contributed by atoms with van der Waals surface area (Å²) in [6.45, 7) is 4.41. The standard InChI is InChI=1S/2C17H15.C12H8Si2.2ClH.Zr/c2*1-2-13-11-15-9-6-10-16(17(15)12-13)14-7-4-3-5-8-14;1-2-6-10-9(5-1)13-11-7-3-4-8-12(11)14-10;;;/h2*3-12H,2H2,1H3;1-8H;2*1H;/q2*-1;;;;/p-2. The topological polar surface area (TPSA) is 0 Å². The second-order valence-electron chi connectivity index (χ2n) is 12.7. The van der Waals surface area contributed by atoms with Gasteiger partial charge in [-0.15, -0.1) is 69.1 Å². The van der Waals surface area contributed by atoms with Gasteiger partial charge >= 0.3 is 101 Å². The summed E-state index contributed by atoms with van der Waals surface area (Å²) in [6, 6.07) is 62.1. The molecule has 5 heteroatoms. The number of hydrogen-bond acceptors (Lipinski definition) is 0. The van der Waals surface area contributed by atoms with Crippen molar-refractivity contribution in [2.24, 2.45) is 0 Å². The van der Waals surface area contributed by atoms with Gasteiger partial charge in [-0.1, -0.05) is 97.8 Å². The molecule has 0 amide bonds. The molecular formula is C46H38Cl2Si2Zr-4. The predicted molar refractivity (Wildman–Crippen MR) is 212 cm³/mol. The first-order chi connectivity index (χ1) is 24.2. The van der Waals surface area contributed by atoms with Crippen LogP contribution < -0.4 is 45.6 Å². The van der Waals surface area contributed by atoms with Crippen molar-refractivity contribution in [3.63, 3.8) is 0 Å². The molecule has 0 radical (unpaired) electrons. The molecule has 252 valence electrons. The number of aryl methyl sites for hydroxylation is 2. The summed E-state index contributed by atoms with van der Waals surface area (Å²) in [6.07, 6.45) is 2.20. The van der Waals surface area contributed by atoms with E-state index in [9.17, 15) is 0 Å². The molecule has 0 spiro atoms. The zero-order chi connectivity index (χ0) is 33.2. The molecule has 0 N–H and O–H groups in total. The van der Waals surface area contributed by atoms with Crippen LogP contribution in [0.4, 0.5) is 0 Å². The third kappa shape index (κ3) is 7.52. The van der Waals surface area contributed by atoms with Crippen molar-refractivity contribution in [2.75, 3.05) is 0 Å². The Morgan fingerprint density at radius 3 is 1.14 bits per heavy atom. The fourth-order valence-corrected chi connectivity index (χ4v) is 42.5. The summed E-state index contributed by atoms with van der Waals surface area (Å²) in [5.74, 6) is 0. The van der Waals surface area contributed by atoms with Crippen LogP contribution in [-0.2, 0) is 33.3 Å². The Kier molecular flexibility index (Phi) is 12.3. The zero-order valence-corrected chi connectivity index (χ0v) is 34.8. The molecule has 2 heterocycles. The minimum absolute atomic E-state index is 0. The van der Waals surface area contributed by atoms with E-state index in [-0.39, 0.29) is 56.1 Å². The molecule has 0 fully saturated rings. The molecule has 0 aromatic heterocycles. The molecule has 51 heavy (non-hydrogen) atoms. The van der Waals surface area contributed by atoms with E-state index in [1.807, 2.05) is 0 Å². The minimum atomic E-state index is -0.176. The van der Waals surface area contributed by atoms with Crippen molar-refractivity contribution >= 4 is 53.2 Å². The van der Waals surface area contributed by atoms with E-state index in [0.717, 1.165) is 12.8 Å². The van der Waals surface area contributed by atoms with E-state index in [4.69, 9.17) is 0 Å². The molecule has 0 saturated heterocycles. The van der Waals surface area contributed by atoms with Gasteiger partial charge in [-0.2, -0.15) is 12.1 Å². The molecule has 0 unspecified atom stereocenters. The van der Waals surface area contributed by atoms with Crippen molar-refractivity contribution in [1.29, 1.82) is 0 Å². The van der Waals surface area contributed by atoms with Gasteiger partial charge in [-0.05, 0) is 24.0 Å². The second-order valence-corrected chi connectivity index (χ2v) is 30.3. The average molecular weight is 809 g/mol. The van der Waals surface area contributed by atoms with Gasteiger partial charge in [0.15, 0.2) is 0 Å². The van der Waals surface area contributed by atoms with Gasteiger partial charge in [-0.25, -0.2) is 0 Å². The SMILES string of the molecule is CCc1cc2c(-c3ccccc3)cccc2[cH-]1.CCc1cc2c(-c3ccccc3)cccc2[cH-]1.[Cl-].[Cl-].c1ccc2c(c1)[Si]1=[Zr]=[Si]2c2ccccc21. The summed E-state index contributed by atoms with van der Waals surface area (Å²) < 4.78 is 0. The van der Waals surface area contributed by atoms with Gasteiger partial charge in [0.2, 0.25) is 0 Å². The Morgan fingerprint density at radius 2 is 0.784 bits per heavy atom. The summed E-state index contributed by atoms with van der Waals surface area (Å²) in [7, 11) is 0. The van der Waals surface area contributed by atoms with Gasteiger partial charge < -0.3 is 24.8 Å². The third-order valence-electron chi connectivity index (χ3n) is 9.79. The number of benzene rings is 6. The maximum absolute atomic E-state index is 2.41. The van der Waals surface area contributed by atoms with Gasteiger partial charge in [0.1, 0.15) is 0 Å². The van der Waals surface area contributed by atoms with Gasteiger partial charge in [0.25, 0.3) is 0 Å². The van der Waals surface area contributed by atoms with Crippen LogP contribution in [-0.4, -0.2) is 10.9 Å². The summed E-state index contributed by atoms with van der Waals surface area (Å²) in [5.41, 5.74) is 7.76. The third-order valence-corrected chi connectivity index (χ3v) is 35.2. The Labute approximate surface area is 325 Å². The van der Waals surface area contributed by atoms with Crippen LogP contribution in [0.1, 0.15) is 25.0 Å². The molecular weight excluding hydrogens is 771 g/mol. The fraction of sp³-hybridized carbons (Fsp3) is 0.0870. The average Bonchev–Trinajstić information content (AvgIpc) is 3.97. The second kappa shape index (κ2) is 16.8. The van der Waals surface area contributed by atoms with Crippen molar-refractivity contribution in [3.05, 3.63) is 181 Å². The molecule has 0 saturated carbocycles. The van der Waals surface area contributed by atoms with Crippen molar-refractivity contribution < 1.29 is 45.3 Å². The Hall–Kier alpha value is -3.56. The molecule has 2 aliphatic heterocycles. The van der Waals surface area contributed by atoms with Crippen molar-refractivity contribution in [3.8, 4) is 22.3 Å². The van der Waals surface area contributed by atoms with Crippen LogP contribution in [0.2, 0.25) is 0 Å². The molecule has 0 atom stereocenters. The summed E-state index contributed by atoms with van der Waals surface area (Å²) >= 11 is -0.0931. The molecule has 10 rings (SSSR count). The number of fused-ring (bicyclic) bond motifs is 8. The monoisotopic (exact) mass is 806 g/mol. The van der Waals surface area contributed by atoms with Crippen LogP contribution >= 0.6 is 0 Å². The molecule has 2 aliphatic rings. The summed E-state index contributed by atoms with van der Waals surface area (Å²) in [4.78, 5) is 0. The quantitative estimate of drug-likeness (QED) is 0.190.